The van der Waals surface area contributed by atoms with Crippen LogP contribution >= 0.6 is 0 Å². The number of carbonyl (C=O) groups excluding carboxylic acids is 1. The van der Waals surface area contributed by atoms with E-state index in [1.807, 2.05) is 11.0 Å². The van der Waals surface area contributed by atoms with Gasteiger partial charge in [0.1, 0.15) is 0 Å². The van der Waals surface area contributed by atoms with Crippen LogP contribution in [0.15, 0.2) is 24.3 Å². The molecule has 2 fully saturated rings. The highest BCUT2D eigenvalue weighted by Crippen LogP contribution is 2.30. The normalized spacial score (nSPS) is 25.1. The second kappa shape index (κ2) is 8.44. The van der Waals surface area contributed by atoms with Crippen LogP contribution < -0.4 is 4.90 Å². The third-order valence-corrected chi connectivity index (χ3v) is 8.39. The number of para-hydroxylation sites is 1. The van der Waals surface area contributed by atoms with Gasteiger partial charge in [-0.15, -0.1) is 0 Å². The Kier molecular flexibility index (Phi) is 5.95. The van der Waals surface area contributed by atoms with Gasteiger partial charge in [0, 0.05) is 24.3 Å². The second-order valence-electron chi connectivity index (χ2n) is 8.66. The minimum Gasteiger partial charge on any atom is -0.362 e. The molecule has 0 bridgehead atoms. The number of nitrogens with zero attached hydrogens (tertiary/aromatic N) is 2. The van der Waals surface area contributed by atoms with Crippen LogP contribution in [0.2, 0.25) is 0 Å². The largest absolute Gasteiger partial charge is 0.362 e. The predicted octanol–water partition coefficient (Wildman–Crippen LogP) is 3.18. The van der Waals surface area contributed by atoms with E-state index in [1.54, 1.807) is 0 Å². The lowest BCUT2D eigenvalue weighted by molar-refractivity contribution is -0.135. The third kappa shape index (κ3) is 4.37. The van der Waals surface area contributed by atoms with Gasteiger partial charge in [-0.3, -0.25) is 4.79 Å². The van der Waals surface area contributed by atoms with Gasteiger partial charge in [-0.2, -0.15) is 0 Å². The highest BCUT2D eigenvalue weighted by molar-refractivity contribution is 7.91. The minimum atomic E-state index is -3.01. The quantitative estimate of drug-likeness (QED) is 0.773. The van der Waals surface area contributed by atoms with Crippen LogP contribution in [0.25, 0.3) is 0 Å². The van der Waals surface area contributed by atoms with Gasteiger partial charge in [-0.05, 0) is 50.2 Å². The van der Waals surface area contributed by atoms with Crippen LogP contribution in [0.5, 0.6) is 0 Å². The van der Waals surface area contributed by atoms with Crippen LogP contribution in [-0.4, -0.2) is 55.9 Å². The van der Waals surface area contributed by atoms with Crippen molar-refractivity contribution in [3.63, 3.8) is 0 Å². The van der Waals surface area contributed by atoms with Crippen molar-refractivity contribution in [2.24, 2.45) is 0 Å². The second-order valence-corrected chi connectivity index (χ2v) is 10.9. The average Bonchev–Trinajstić information content (AvgIpc) is 2.92. The Labute approximate surface area is 169 Å². The summed E-state index contributed by atoms with van der Waals surface area (Å²) in [7, 11) is -3.01. The summed E-state index contributed by atoms with van der Waals surface area (Å²) in [5, 5.41) is 0. The molecule has 0 unspecified atom stereocenters. The Morgan fingerprint density at radius 1 is 1.00 bits per heavy atom. The van der Waals surface area contributed by atoms with Crippen molar-refractivity contribution >= 4 is 21.4 Å². The molecular formula is C22H32N2O3S. The van der Waals surface area contributed by atoms with Gasteiger partial charge >= 0.3 is 0 Å². The Hall–Kier alpha value is -1.56. The topological polar surface area (TPSA) is 57.7 Å². The van der Waals surface area contributed by atoms with Gasteiger partial charge < -0.3 is 9.80 Å². The average molecular weight is 405 g/mol. The number of hydrogen-bond acceptors (Lipinski definition) is 4. The number of sulfone groups is 1. The maximum atomic E-state index is 13.5. The number of aryl methyl sites for hydroxylation is 1. The molecule has 0 spiro atoms. The van der Waals surface area contributed by atoms with E-state index < -0.39 is 9.84 Å². The van der Waals surface area contributed by atoms with Gasteiger partial charge in [0.15, 0.2) is 9.84 Å². The van der Waals surface area contributed by atoms with Crippen LogP contribution in [0, 0.1) is 0 Å². The van der Waals surface area contributed by atoms with Crippen molar-refractivity contribution < 1.29 is 13.2 Å². The maximum absolute atomic E-state index is 13.5. The van der Waals surface area contributed by atoms with Gasteiger partial charge in [0.25, 0.3) is 0 Å². The molecule has 28 heavy (non-hydrogen) atoms. The number of fused-ring (bicyclic) bond motifs is 1. The summed E-state index contributed by atoms with van der Waals surface area (Å²) in [4.78, 5) is 17.7. The molecule has 5 nitrogen and oxygen atoms in total. The van der Waals surface area contributed by atoms with Crippen molar-refractivity contribution in [2.75, 3.05) is 29.5 Å². The lowest BCUT2D eigenvalue weighted by Gasteiger charge is -2.39. The Morgan fingerprint density at radius 2 is 1.79 bits per heavy atom. The zero-order chi connectivity index (χ0) is 19.6. The summed E-state index contributed by atoms with van der Waals surface area (Å²) < 4.78 is 24.2. The number of anilines is 1. The van der Waals surface area contributed by atoms with Crippen molar-refractivity contribution in [2.45, 2.75) is 69.9 Å². The number of hydrogen-bond donors (Lipinski definition) is 0. The summed E-state index contributed by atoms with van der Waals surface area (Å²) in [6.45, 7) is 1.26. The fourth-order valence-corrected chi connectivity index (χ4v) is 6.95. The molecular weight excluding hydrogens is 372 g/mol. The van der Waals surface area contributed by atoms with Gasteiger partial charge in [-0.25, -0.2) is 8.42 Å². The zero-order valence-corrected chi connectivity index (χ0v) is 17.5. The fraction of sp³-hybridized carbons (Fsp3) is 0.682. The maximum Gasteiger partial charge on any atom is 0.242 e. The predicted molar refractivity (Wildman–Crippen MR) is 112 cm³/mol. The molecule has 2 heterocycles. The Morgan fingerprint density at radius 3 is 2.54 bits per heavy atom. The van der Waals surface area contributed by atoms with E-state index in [0.717, 1.165) is 51.5 Å². The van der Waals surface area contributed by atoms with Crippen LogP contribution in [-0.2, 0) is 21.1 Å². The Balaban J connectivity index is 1.55. The standard InChI is InChI=1S/C22H32N2O3S/c25-22(16-23-14-7-6-9-18-8-4-5-12-21(18)23)24(19-10-2-1-3-11-19)20-13-15-28(26,27)17-20/h4-5,8,12,19-20H,1-3,6-7,9-11,13-17H2/t20-/m1/s1. The molecule has 1 aromatic carbocycles. The van der Waals surface area contributed by atoms with Gasteiger partial charge in [0.2, 0.25) is 5.91 Å². The molecule has 1 atom stereocenters. The number of amides is 1. The SMILES string of the molecule is O=C(CN1CCCCc2ccccc21)N(C1CCCCC1)[C@@H]1CCS(=O)(=O)C1. The van der Waals surface area contributed by atoms with E-state index in [4.69, 9.17) is 0 Å². The molecule has 1 aliphatic carbocycles. The smallest absolute Gasteiger partial charge is 0.242 e. The monoisotopic (exact) mass is 404 g/mol. The molecule has 0 aromatic heterocycles. The highest BCUT2D eigenvalue weighted by atomic mass is 32.2. The molecule has 1 amide bonds. The molecule has 0 radical (unpaired) electrons. The zero-order valence-electron chi connectivity index (χ0n) is 16.7. The Bertz CT molecular complexity index is 802. The number of carbonyl (C=O) groups is 1. The first kappa shape index (κ1) is 19.7. The number of rotatable bonds is 4. The molecule has 154 valence electrons. The van der Waals surface area contributed by atoms with Crippen molar-refractivity contribution in [1.82, 2.24) is 4.90 Å². The van der Waals surface area contributed by atoms with Crippen molar-refractivity contribution in [3.8, 4) is 0 Å². The van der Waals surface area contributed by atoms with E-state index in [-0.39, 0.29) is 29.5 Å². The molecule has 1 saturated heterocycles. The van der Waals surface area contributed by atoms with Crippen LogP contribution in [0.3, 0.4) is 0 Å². The summed E-state index contributed by atoms with van der Waals surface area (Å²) in [6.07, 6.45) is 9.42. The molecule has 2 aliphatic heterocycles. The summed E-state index contributed by atoms with van der Waals surface area (Å²) in [5.41, 5.74) is 2.50. The van der Waals surface area contributed by atoms with Crippen molar-refractivity contribution in [1.29, 1.82) is 0 Å². The first-order valence-electron chi connectivity index (χ1n) is 10.9. The van der Waals surface area contributed by atoms with Gasteiger partial charge in [0.05, 0.1) is 18.1 Å². The first-order valence-corrected chi connectivity index (χ1v) is 12.7. The molecule has 1 saturated carbocycles. The summed E-state index contributed by atoms with van der Waals surface area (Å²) in [5.74, 6) is 0.484. The van der Waals surface area contributed by atoms with E-state index in [9.17, 15) is 13.2 Å². The van der Waals surface area contributed by atoms with E-state index >= 15 is 0 Å². The van der Waals surface area contributed by atoms with E-state index in [0.29, 0.717) is 13.0 Å². The van der Waals surface area contributed by atoms with E-state index in [2.05, 4.69) is 23.1 Å². The third-order valence-electron chi connectivity index (χ3n) is 6.64. The minimum absolute atomic E-state index is 0.116. The molecule has 6 heteroatoms. The molecule has 3 aliphatic rings. The highest BCUT2D eigenvalue weighted by Gasteiger charge is 2.39. The summed E-state index contributed by atoms with van der Waals surface area (Å²) >= 11 is 0. The van der Waals surface area contributed by atoms with Crippen molar-refractivity contribution in [3.05, 3.63) is 29.8 Å². The van der Waals surface area contributed by atoms with Gasteiger partial charge in [-0.1, -0.05) is 37.5 Å². The van der Waals surface area contributed by atoms with E-state index in [1.165, 1.54) is 17.7 Å². The van der Waals surface area contributed by atoms with Crippen LogP contribution in [0.1, 0.15) is 56.9 Å². The fourth-order valence-electron chi connectivity index (χ4n) is 5.24. The first-order chi connectivity index (χ1) is 13.5. The molecule has 4 rings (SSSR count). The molecule has 0 N–H and O–H groups in total. The lowest BCUT2D eigenvalue weighted by Crippen LogP contribution is -2.52. The number of benzene rings is 1. The lowest BCUT2D eigenvalue weighted by atomic mass is 9.92. The van der Waals surface area contributed by atoms with Crippen LogP contribution in [0.4, 0.5) is 5.69 Å². The summed E-state index contributed by atoms with van der Waals surface area (Å²) in [6, 6.07) is 8.48. The molecule has 1 aromatic rings.